The molecule has 0 aromatic heterocycles. The van der Waals surface area contributed by atoms with Crippen LogP contribution in [0.4, 0.5) is 11.4 Å². The predicted molar refractivity (Wildman–Crippen MR) is 179 cm³/mol. The van der Waals surface area contributed by atoms with E-state index in [-0.39, 0.29) is 33.6 Å². The Labute approximate surface area is 267 Å². The molecule has 0 aliphatic heterocycles. The van der Waals surface area contributed by atoms with Crippen molar-refractivity contribution in [3.8, 4) is 0 Å². The third-order valence-electron chi connectivity index (χ3n) is 7.73. The Kier molecular flexibility index (Phi) is 7.52. The molecule has 6 aromatic carbocycles. The maximum Gasteiger partial charge on any atom is 0.196 e. The van der Waals surface area contributed by atoms with Crippen molar-refractivity contribution in [2.45, 2.75) is 19.6 Å². The van der Waals surface area contributed by atoms with Crippen molar-refractivity contribution >= 4 is 42.4 Å². The minimum Gasteiger partial charge on any atom is -0.288 e. The van der Waals surface area contributed by atoms with Gasteiger partial charge in [-0.2, -0.15) is 8.73 Å². The summed E-state index contributed by atoms with van der Waals surface area (Å²) in [6.07, 6.45) is 0. The molecule has 8 heteroatoms. The molecule has 46 heavy (non-hydrogen) atoms. The first-order chi connectivity index (χ1) is 22.4. The van der Waals surface area contributed by atoms with Crippen molar-refractivity contribution in [2.24, 2.45) is 8.73 Å². The summed E-state index contributed by atoms with van der Waals surface area (Å²) in [6.45, 7) is 0. The Morgan fingerprint density at radius 2 is 0.630 bits per heavy atom. The van der Waals surface area contributed by atoms with Crippen molar-refractivity contribution in [1.82, 2.24) is 0 Å². The zero-order valence-corrected chi connectivity index (χ0v) is 26.0. The van der Waals surface area contributed by atoms with Gasteiger partial charge in [0.1, 0.15) is 19.5 Å². The number of carbonyl (C=O) groups excluding carboxylic acids is 2. The summed E-state index contributed by atoms with van der Waals surface area (Å²) in [6, 6.07) is 45.1. The normalized spacial score (nSPS) is 12.6. The maximum atomic E-state index is 14.7. The molecule has 7 rings (SSSR count). The summed E-state index contributed by atoms with van der Waals surface area (Å²) in [4.78, 5) is 30.5. The van der Waals surface area contributed by atoms with E-state index in [9.17, 15) is 18.0 Å². The van der Waals surface area contributed by atoms with Gasteiger partial charge in [0.2, 0.25) is 0 Å². The molecule has 0 radical (unpaired) electrons. The fraction of sp³-hybridized carbons (Fsp3) is 0. The molecule has 6 aromatic rings. The lowest BCUT2D eigenvalue weighted by Gasteiger charge is -2.21. The summed E-state index contributed by atoms with van der Waals surface area (Å²) in [5, 5.41) is 0. The van der Waals surface area contributed by atoms with Gasteiger partial charge in [-0.1, -0.05) is 97.1 Å². The number of hydrogen-bond acceptors (Lipinski definition) is 6. The third-order valence-corrected chi connectivity index (χ3v) is 12.3. The Morgan fingerprint density at radius 3 is 0.913 bits per heavy atom. The van der Waals surface area contributed by atoms with E-state index in [1.54, 1.807) is 133 Å². The number of ketones is 2. The topological polar surface area (TPSA) is 93.0 Å². The lowest BCUT2D eigenvalue weighted by Crippen LogP contribution is -2.21. The van der Waals surface area contributed by atoms with Crippen LogP contribution in [0.1, 0.15) is 31.8 Å². The van der Waals surface area contributed by atoms with Gasteiger partial charge >= 0.3 is 0 Å². The summed E-state index contributed by atoms with van der Waals surface area (Å²) < 4.78 is 39.0. The molecular formula is C38H26N2O4S2. The van der Waals surface area contributed by atoms with Crippen molar-refractivity contribution in [2.75, 3.05) is 0 Å². The second-order valence-corrected chi connectivity index (χ2v) is 14.9. The van der Waals surface area contributed by atoms with E-state index < -0.39 is 31.0 Å². The zero-order valence-electron chi connectivity index (χ0n) is 24.4. The lowest BCUT2D eigenvalue weighted by atomic mass is 9.82. The van der Waals surface area contributed by atoms with E-state index in [0.717, 1.165) is 0 Å². The van der Waals surface area contributed by atoms with Gasteiger partial charge in [-0.15, -0.1) is 0 Å². The molecule has 1 aliphatic carbocycles. The molecule has 0 amide bonds. The minimum atomic E-state index is -3.24. The first-order valence-corrected chi connectivity index (χ1v) is 17.5. The van der Waals surface area contributed by atoms with E-state index in [2.05, 4.69) is 0 Å². The Hall–Kier alpha value is -5.44. The summed E-state index contributed by atoms with van der Waals surface area (Å²) in [5.74, 6) is -0.899. The van der Waals surface area contributed by atoms with Gasteiger partial charge in [0.05, 0.1) is 42.1 Å². The van der Waals surface area contributed by atoms with Crippen LogP contribution in [-0.2, 0) is 19.5 Å². The molecule has 6 nitrogen and oxygen atoms in total. The lowest BCUT2D eigenvalue weighted by molar-refractivity contribution is 0.0980. The van der Waals surface area contributed by atoms with Crippen molar-refractivity contribution in [3.63, 3.8) is 0 Å². The van der Waals surface area contributed by atoms with Crippen molar-refractivity contribution < 1.29 is 18.0 Å². The average molecular weight is 639 g/mol. The number of fused-ring (bicyclic) bond motifs is 2. The second kappa shape index (κ2) is 11.8. The van der Waals surface area contributed by atoms with Crippen LogP contribution >= 0.6 is 0 Å². The Balaban J connectivity index is 1.44. The van der Waals surface area contributed by atoms with Gasteiger partial charge in [0.15, 0.2) is 11.6 Å². The van der Waals surface area contributed by atoms with Crippen LogP contribution in [0, 0.1) is 0 Å². The van der Waals surface area contributed by atoms with E-state index in [4.69, 9.17) is 8.73 Å². The highest BCUT2D eigenvalue weighted by Gasteiger charge is 2.35. The molecule has 0 heterocycles. The fourth-order valence-electron chi connectivity index (χ4n) is 5.54. The van der Waals surface area contributed by atoms with Crippen LogP contribution in [-0.4, -0.2) is 20.0 Å². The number of nitrogens with zero attached hydrogens (tertiary/aromatic N) is 2. The molecule has 0 N–H and O–H groups in total. The monoisotopic (exact) mass is 638 g/mol. The second-order valence-electron chi connectivity index (χ2n) is 10.5. The summed E-state index contributed by atoms with van der Waals surface area (Å²) in [7, 11) is -6.48. The first kappa shape index (κ1) is 29.3. The molecule has 0 bridgehead atoms. The standard InChI is InChI=1S/C38H26N2O4S2/c41-37-32-24-14-26-34(40-46(44,29-19-9-3-10-20-29)30-21-11-4-12-22-30)36(32)38(42)31-23-13-25-33(35(31)37)39-45(43,27-15-5-1-6-16-27)28-17-7-2-8-18-28/h1-26H. The molecule has 0 saturated carbocycles. The third kappa shape index (κ3) is 4.98. The van der Waals surface area contributed by atoms with Gasteiger partial charge in [0, 0.05) is 11.1 Å². The smallest absolute Gasteiger partial charge is 0.196 e. The largest absolute Gasteiger partial charge is 0.288 e. The number of benzene rings is 6. The van der Waals surface area contributed by atoms with Crippen LogP contribution in [0.5, 0.6) is 0 Å². The number of carbonyl (C=O) groups is 2. The summed E-state index contributed by atoms with van der Waals surface area (Å²) >= 11 is 0. The van der Waals surface area contributed by atoms with Gasteiger partial charge in [0.25, 0.3) is 0 Å². The maximum absolute atomic E-state index is 14.7. The van der Waals surface area contributed by atoms with E-state index >= 15 is 0 Å². The Morgan fingerprint density at radius 1 is 0.348 bits per heavy atom. The highest BCUT2D eigenvalue weighted by atomic mass is 32.2. The minimum absolute atomic E-state index is 0.0728. The quantitative estimate of drug-likeness (QED) is 0.182. The highest BCUT2D eigenvalue weighted by Crippen LogP contribution is 2.40. The van der Waals surface area contributed by atoms with Crippen LogP contribution in [0.15, 0.2) is 186 Å². The van der Waals surface area contributed by atoms with E-state index in [0.29, 0.717) is 19.6 Å². The molecular weight excluding hydrogens is 613 g/mol. The molecule has 0 spiro atoms. The number of rotatable bonds is 6. The highest BCUT2D eigenvalue weighted by molar-refractivity contribution is 7.94. The van der Waals surface area contributed by atoms with Gasteiger partial charge in [-0.3, -0.25) is 9.59 Å². The Bertz CT molecular complexity index is 2110. The SMILES string of the molecule is O=C1c2cccc(N=S(=O)(c3ccccc3)c3ccccc3)c2C(=O)c2cccc(N=S(=O)(c3ccccc3)c3ccccc3)c21. The average Bonchev–Trinajstić information content (AvgIpc) is 3.12. The first-order valence-electron chi connectivity index (χ1n) is 14.5. The summed E-state index contributed by atoms with van der Waals surface area (Å²) in [5.41, 5.74) is 0.690. The van der Waals surface area contributed by atoms with Gasteiger partial charge in [-0.05, 0) is 60.7 Å². The van der Waals surface area contributed by atoms with Crippen LogP contribution in [0.3, 0.4) is 0 Å². The van der Waals surface area contributed by atoms with Crippen molar-refractivity contribution in [1.29, 1.82) is 0 Å². The molecule has 224 valence electrons. The van der Waals surface area contributed by atoms with Crippen LogP contribution < -0.4 is 0 Å². The predicted octanol–water partition coefficient (Wildman–Crippen LogP) is 8.90. The van der Waals surface area contributed by atoms with Crippen LogP contribution in [0.25, 0.3) is 0 Å². The zero-order chi connectivity index (χ0) is 31.7. The van der Waals surface area contributed by atoms with Gasteiger partial charge in [-0.25, -0.2) is 8.42 Å². The van der Waals surface area contributed by atoms with Crippen LogP contribution in [0.2, 0.25) is 0 Å². The molecule has 0 atom stereocenters. The fourth-order valence-corrected chi connectivity index (χ4v) is 9.47. The van der Waals surface area contributed by atoms with Crippen molar-refractivity contribution in [3.05, 3.63) is 180 Å². The van der Waals surface area contributed by atoms with E-state index in [1.165, 1.54) is 0 Å². The number of hydrogen-bond donors (Lipinski definition) is 0. The molecule has 0 fully saturated rings. The molecule has 0 unspecified atom stereocenters. The molecule has 0 saturated heterocycles. The van der Waals surface area contributed by atoms with E-state index in [1.807, 2.05) is 24.3 Å². The van der Waals surface area contributed by atoms with Gasteiger partial charge < -0.3 is 0 Å². The molecule has 1 aliphatic rings.